The third-order valence-corrected chi connectivity index (χ3v) is 2.94. The molecule has 2 fully saturated rings. The molecule has 0 saturated carbocycles. The molecule has 0 radical (unpaired) electrons. The Kier molecular flexibility index (Phi) is 1.42. The lowest BCUT2D eigenvalue weighted by Crippen LogP contribution is -2.46. The first-order chi connectivity index (χ1) is 5.23. The fourth-order valence-electron chi connectivity index (χ4n) is 1.93. The number of hydrogen-bond donors (Lipinski definition) is 1. The molecule has 2 aliphatic rings. The Balaban J connectivity index is 2.23. The van der Waals surface area contributed by atoms with E-state index in [0.717, 1.165) is 19.5 Å². The predicted octanol–water partition coefficient (Wildman–Crippen LogP) is 0.159. The number of ether oxygens (including phenoxy) is 1. The number of fused-ring (bicyclic) bond motifs is 1. The Labute approximate surface area is 66.1 Å². The summed E-state index contributed by atoms with van der Waals surface area (Å²) >= 11 is 0. The van der Waals surface area contributed by atoms with Crippen LogP contribution < -0.4 is 5.32 Å². The minimum Gasteiger partial charge on any atom is -0.465 e. The van der Waals surface area contributed by atoms with E-state index in [-0.39, 0.29) is 11.4 Å². The molecule has 2 rings (SSSR count). The molecule has 2 aliphatic heterocycles. The third kappa shape index (κ3) is 0.872. The van der Waals surface area contributed by atoms with Crippen LogP contribution in [0.4, 0.5) is 0 Å². The summed E-state index contributed by atoms with van der Waals surface area (Å²) in [6, 6.07) is 0. The molecule has 3 nitrogen and oxygen atoms in total. The second-order valence-electron chi connectivity index (χ2n) is 3.68. The maximum atomic E-state index is 11.3. The fraction of sp³-hybridized carbons (Fsp3) is 0.875. The maximum absolute atomic E-state index is 11.3. The van der Waals surface area contributed by atoms with E-state index in [4.69, 9.17) is 4.74 Å². The lowest BCUT2D eigenvalue weighted by atomic mass is 9.75. The van der Waals surface area contributed by atoms with Crippen molar-refractivity contribution in [2.24, 2.45) is 11.3 Å². The van der Waals surface area contributed by atoms with Gasteiger partial charge < -0.3 is 10.1 Å². The number of carbonyl (C=O) groups is 1. The number of rotatable bonds is 0. The number of nitrogens with one attached hydrogen (secondary N) is 1. The van der Waals surface area contributed by atoms with Gasteiger partial charge in [-0.1, -0.05) is 0 Å². The van der Waals surface area contributed by atoms with E-state index in [1.165, 1.54) is 0 Å². The van der Waals surface area contributed by atoms with Crippen LogP contribution in [0.2, 0.25) is 0 Å². The monoisotopic (exact) mass is 155 g/mol. The lowest BCUT2D eigenvalue weighted by molar-refractivity contribution is -0.145. The molecule has 11 heavy (non-hydrogen) atoms. The Morgan fingerprint density at radius 1 is 1.73 bits per heavy atom. The van der Waals surface area contributed by atoms with E-state index in [0.29, 0.717) is 12.5 Å². The molecule has 0 aliphatic carbocycles. The van der Waals surface area contributed by atoms with Crippen molar-refractivity contribution in [1.29, 1.82) is 0 Å². The first-order valence-corrected chi connectivity index (χ1v) is 4.11. The average Bonchev–Trinajstić information content (AvgIpc) is 2.29. The second-order valence-corrected chi connectivity index (χ2v) is 3.68. The summed E-state index contributed by atoms with van der Waals surface area (Å²) in [5, 5.41) is 3.23. The highest BCUT2D eigenvalue weighted by atomic mass is 16.5. The molecule has 2 saturated heterocycles. The van der Waals surface area contributed by atoms with Crippen molar-refractivity contribution in [3.05, 3.63) is 0 Å². The topological polar surface area (TPSA) is 38.3 Å². The SMILES string of the molecule is CC12CNCCC1COC2=O. The quantitative estimate of drug-likeness (QED) is 0.506. The van der Waals surface area contributed by atoms with Crippen molar-refractivity contribution in [2.45, 2.75) is 13.3 Å². The van der Waals surface area contributed by atoms with Gasteiger partial charge in [0.1, 0.15) is 0 Å². The van der Waals surface area contributed by atoms with E-state index >= 15 is 0 Å². The Morgan fingerprint density at radius 3 is 3.27 bits per heavy atom. The van der Waals surface area contributed by atoms with Crippen LogP contribution in [-0.4, -0.2) is 25.7 Å². The number of carbonyl (C=O) groups excluding carboxylic acids is 1. The van der Waals surface area contributed by atoms with E-state index in [9.17, 15) is 4.79 Å². The van der Waals surface area contributed by atoms with Gasteiger partial charge in [0, 0.05) is 12.5 Å². The Morgan fingerprint density at radius 2 is 2.55 bits per heavy atom. The average molecular weight is 155 g/mol. The number of piperidine rings is 1. The molecule has 3 heteroatoms. The van der Waals surface area contributed by atoms with E-state index in [1.807, 2.05) is 6.92 Å². The van der Waals surface area contributed by atoms with Crippen LogP contribution in [-0.2, 0) is 9.53 Å². The summed E-state index contributed by atoms with van der Waals surface area (Å²) in [6.07, 6.45) is 1.07. The van der Waals surface area contributed by atoms with Gasteiger partial charge in [0.05, 0.1) is 12.0 Å². The Bertz CT molecular complexity index is 193. The second kappa shape index (κ2) is 2.21. The molecule has 0 bridgehead atoms. The summed E-state index contributed by atoms with van der Waals surface area (Å²) in [5.74, 6) is 0.436. The van der Waals surface area contributed by atoms with Gasteiger partial charge >= 0.3 is 5.97 Å². The normalized spacial score (nSPS) is 43.4. The maximum Gasteiger partial charge on any atom is 0.313 e. The van der Waals surface area contributed by atoms with Gasteiger partial charge in [-0.05, 0) is 19.9 Å². The molecule has 1 N–H and O–H groups in total. The van der Waals surface area contributed by atoms with Crippen molar-refractivity contribution in [1.82, 2.24) is 5.32 Å². The fourth-order valence-corrected chi connectivity index (χ4v) is 1.93. The number of cyclic esters (lactones) is 1. The van der Waals surface area contributed by atoms with Gasteiger partial charge in [0.25, 0.3) is 0 Å². The molecule has 0 amide bonds. The summed E-state index contributed by atoms with van der Waals surface area (Å²) in [6.45, 7) is 4.45. The standard InChI is InChI=1S/C8H13NO2/c1-8-5-9-3-2-6(8)4-11-7(8)10/h6,9H,2-5H2,1H3. The first kappa shape index (κ1) is 7.10. The van der Waals surface area contributed by atoms with Crippen LogP contribution in [0.3, 0.4) is 0 Å². The largest absolute Gasteiger partial charge is 0.465 e. The summed E-state index contributed by atoms with van der Waals surface area (Å²) in [7, 11) is 0. The van der Waals surface area contributed by atoms with Gasteiger partial charge in [-0.3, -0.25) is 4.79 Å². The van der Waals surface area contributed by atoms with Gasteiger partial charge in [-0.15, -0.1) is 0 Å². The van der Waals surface area contributed by atoms with Crippen LogP contribution in [0.5, 0.6) is 0 Å². The molecular formula is C8H13NO2. The molecule has 2 heterocycles. The zero-order valence-corrected chi connectivity index (χ0v) is 6.72. The molecule has 0 spiro atoms. The summed E-state index contributed by atoms with van der Waals surface area (Å²) in [5.41, 5.74) is -0.224. The number of hydrogen-bond acceptors (Lipinski definition) is 3. The molecule has 2 unspecified atom stereocenters. The van der Waals surface area contributed by atoms with Crippen LogP contribution >= 0.6 is 0 Å². The first-order valence-electron chi connectivity index (χ1n) is 4.11. The minimum absolute atomic E-state index is 0.0188. The third-order valence-electron chi connectivity index (χ3n) is 2.94. The smallest absolute Gasteiger partial charge is 0.313 e. The summed E-state index contributed by atoms with van der Waals surface area (Å²) in [4.78, 5) is 11.3. The van der Waals surface area contributed by atoms with Crippen molar-refractivity contribution in [3.8, 4) is 0 Å². The molecule has 62 valence electrons. The van der Waals surface area contributed by atoms with Gasteiger partial charge in [0.15, 0.2) is 0 Å². The van der Waals surface area contributed by atoms with Crippen LogP contribution in [0.15, 0.2) is 0 Å². The molecule has 2 atom stereocenters. The molecule has 0 aromatic heterocycles. The molecule has 0 aromatic rings. The van der Waals surface area contributed by atoms with Crippen molar-refractivity contribution < 1.29 is 9.53 Å². The number of esters is 1. The highest BCUT2D eigenvalue weighted by Gasteiger charge is 2.49. The summed E-state index contributed by atoms with van der Waals surface area (Å²) < 4.78 is 5.02. The van der Waals surface area contributed by atoms with E-state index in [2.05, 4.69) is 5.32 Å². The highest BCUT2D eigenvalue weighted by molar-refractivity contribution is 5.79. The zero-order chi connectivity index (χ0) is 7.90. The van der Waals surface area contributed by atoms with E-state index < -0.39 is 0 Å². The van der Waals surface area contributed by atoms with Crippen molar-refractivity contribution in [2.75, 3.05) is 19.7 Å². The highest BCUT2D eigenvalue weighted by Crippen LogP contribution is 2.38. The Hall–Kier alpha value is -0.570. The lowest BCUT2D eigenvalue weighted by Gasteiger charge is -2.31. The van der Waals surface area contributed by atoms with Gasteiger partial charge in [-0.25, -0.2) is 0 Å². The molecule has 0 aromatic carbocycles. The minimum atomic E-state index is -0.224. The van der Waals surface area contributed by atoms with E-state index in [1.54, 1.807) is 0 Å². The van der Waals surface area contributed by atoms with Crippen molar-refractivity contribution in [3.63, 3.8) is 0 Å². The molecular weight excluding hydrogens is 142 g/mol. The van der Waals surface area contributed by atoms with Crippen LogP contribution in [0, 0.1) is 11.3 Å². The van der Waals surface area contributed by atoms with Gasteiger partial charge in [-0.2, -0.15) is 0 Å². The van der Waals surface area contributed by atoms with Crippen LogP contribution in [0.25, 0.3) is 0 Å². The predicted molar refractivity (Wildman–Crippen MR) is 40.0 cm³/mol. The zero-order valence-electron chi connectivity index (χ0n) is 6.72. The van der Waals surface area contributed by atoms with Gasteiger partial charge in [0.2, 0.25) is 0 Å². The van der Waals surface area contributed by atoms with Crippen molar-refractivity contribution >= 4 is 5.97 Å². The van der Waals surface area contributed by atoms with Crippen LogP contribution in [0.1, 0.15) is 13.3 Å².